The van der Waals surface area contributed by atoms with Crippen LogP contribution in [-0.4, -0.2) is 36.2 Å². The summed E-state index contributed by atoms with van der Waals surface area (Å²) in [5, 5.41) is 12.2. The van der Waals surface area contributed by atoms with Crippen molar-refractivity contribution in [3.8, 4) is 0 Å². The molecule has 2 rings (SSSR count). The van der Waals surface area contributed by atoms with Gasteiger partial charge in [0, 0.05) is 25.7 Å². The van der Waals surface area contributed by atoms with E-state index in [2.05, 4.69) is 5.32 Å². The quantitative estimate of drug-likeness (QED) is 0.794. The Morgan fingerprint density at radius 1 is 1.37 bits per heavy atom. The van der Waals surface area contributed by atoms with Crippen LogP contribution in [0.2, 0.25) is 0 Å². The molecule has 108 valence electrons. The molecule has 1 saturated carbocycles. The highest BCUT2D eigenvalue weighted by molar-refractivity contribution is 5.85. The molecule has 0 aromatic heterocycles. The number of carboxylic acid groups (broad SMARTS) is 1. The molecule has 1 unspecified atom stereocenters. The van der Waals surface area contributed by atoms with Crippen molar-refractivity contribution in [3.05, 3.63) is 0 Å². The van der Waals surface area contributed by atoms with E-state index in [-0.39, 0.29) is 18.4 Å². The monoisotopic (exact) mass is 269 g/mol. The third-order valence-electron chi connectivity index (χ3n) is 4.63. The zero-order chi connectivity index (χ0) is 13.9. The maximum Gasteiger partial charge on any atom is 0.310 e. The fraction of sp³-hybridized carbons (Fsp3) is 0.857. The van der Waals surface area contributed by atoms with E-state index in [1.54, 1.807) is 0 Å². The van der Waals surface area contributed by atoms with Gasteiger partial charge in [-0.05, 0) is 38.5 Å². The van der Waals surface area contributed by atoms with E-state index in [1.165, 1.54) is 0 Å². The molecule has 0 bridgehead atoms. The smallest absolute Gasteiger partial charge is 0.310 e. The first kappa shape index (κ1) is 14.3. The molecule has 1 amide bonds. The van der Waals surface area contributed by atoms with Gasteiger partial charge in [-0.3, -0.25) is 9.59 Å². The van der Waals surface area contributed by atoms with Crippen LogP contribution in [0.1, 0.15) is 45.4 Å². The van der Waals surface area contributed by atoms with Crippen LogP contribution in [-0.2, 0) is 14.3 Å². The van der Waals surface area contributed by atoms with E-state index in [9.17, 15) is 14.7 Å². The lowest BCUT2D eigenvalue weighted by Gasteiger charge is -2.37. The van der Waals surface area contributed by atoms with Crippen molar-refractivity contribution < 1.29 is 19.4 Å². The summed E-state index contributed by atoms with van der Waals surface area (Å²) in [5.74, 6) is -0.506. The molecule has 1 saturated heterocycles. The summed E-state index contributed by atoms with van der Waals surface area (Å²) in [6, 6.07) is 0.0994. The summed E-state index contributed by atoms with van der Waals surface area (Å²) >= 11 is 0. The van der Waals surface area contributed by atoms with E-state index in [4.69, 9.17) is 4.74 Å². The van der Waals surface area contributed by atoms with Gasteiger partial charge in [0.2, 0.25) is 5.91 Å². The number of rotatable bonds is 5. The minimum Gasteiger partial charge on any atom is -0.481 e. The van der Waals surface area contributed by atoms with Crippen LogP contribution in [0.5, 0.6) is 0 Å². The normalized spacial score (nSPS) is 24.3. The number of ether oxygens (including phenoxy) is 1. The van der Waals surface area contributed by atoms with E-state index in [0.29, 0.717) is 18.8 Å². The van der Waals surface area contributed by atoms with Crippen molar-refractivity contribution in [2.45, 2.75) is 51.5 Å². The minimum atomic E-state index is -0.826. The van der Waals surface area contributed by atoms with Crippen molar-refractivity contribution in [2.75, 3.05) is 13.2 Å². The highest BCUT2D eigenvalue weighted by Crippen LogP contribution is 2.44. The highest BCUT2D eigenvalue weighted by atomic mass is 16.5. The Labute approximate surface area is 113 Å². The van der Waals surface area contributed by atoms with Crippen molar-refractivity contribution in [2.24, 2.45) is 11.3 Å². The molecule has 0 spiro atoms. The molecule has 1 atom stereocenters. The maximum atomic E-state index is 12.0. The topological polar surface area (TPSA) is 75.6 Å². The van der Waals surface area contributed by atoms with Crippen LogP contribution in [0.3, 0.4) is 0 Å². The SMILES string of the molecule is CC(NC(=O)CC1(C(=O)O)CCC1)C1CCOCC1. The Hall–Kier alpha value is -1.10. The zero-order valence-corrected chi connectivity index (χ0v) is 11.5. The number of hydrogen-bond donors (Lipinski definition) is 2. The van der Waals surface area contributed by atoms with Gasteiger partial charge in [-0.1, -0.05) is 6.42 Å². The Kier molecular flexibility index (Phi) is 4.45. The molecule has 1 aliphatic carbocycles. The summed E-state index contributed by atoms with van der Waals surface area (Å²) in [7, 11) is 0. The van der Waals surface area contributed by atoms with Crippen molar-refractivity contribution in [3.63, 3.8) is 0 Å². The molecule has 0 radical (unpaired) electrons. The lowest BCUT2D eigenvalue weighted by Crippen LogP contribution is -2.46. The summed E-state index contributed by atoms with van der Waals surface area (Å²) < 4.78 is 5.30. The second kappa shape index (κ2) is 5.90. The first-order chi connectivity index (χ1) is 9.03. The lowest BCUT2D eigenvalue weighted by molar-refractivity contribution is -0.157. The molecular weight excluding hydrogens is 246 g/mol. The van der Waals surface area contributed by atoms with Crippen LogP contribution in [0.4, 0.5) is 0 Å². The highest BCUT2D eigenvalue weighted by Gasteiger charge is 2.46. The van der Waals surface area contributed by atoms with Crippen LogP contribution in [0.25, 0.3) is 0 Å². The second-order valence-corrected chi connectivity index (χ2v) is 5.92. The Morgan fingerprint density at radius 2 is 2.00 bits per heavy atom. The van der Waals surface area contributed by atoms with E-state index < -0.39 is 11.4 Å². The molecule has 2 aliphatic rings. The number of hydrogen-bond acceptors (Lipinski definition) is 3. The van der Waals surface area contributed by atoms with Crippen LogP contribution < -0.4 is 5.32 Å². The number of aliphatic carboxylic acids is 1. The summed E-state index contributed by atoms with van der Waals surface area (Å²) in [4.78, 5) is 23.2. The van der Waals surface area contributed by atoms with Gasteiger partial charge in [-0.25, -0.2) is 0 Å². The zero-order valence-electron chi connectivity index (χ0n) is 11.5. The number of carboxylic acids is 1. The standard InChI is InChI=1S/C14H23NO4/c1-10(11-3-7-19-8-4-11)15-12(16)9-14(13(17)18)5-2-6-14/h10-11H,2-9H2,1H3,(H,15,16)(H,17,18). The van der Waals surface area contributed by atoms with Gasteiger partial charge in [0.05, 0.1) is 5.41 Å². The summed E-state index contributed by atoms with van der Waals surface area (Å²) in [6.45, 7) is 3.51. The fourth-order valence-corrected chi connectivity index (χ4v) is 3.02. The molecule has 1 aliphatic heterocycles. The Morgan fingerprint density at radius 3 is 2.47 bits per heavy atom. The first-order valence-corrected chi connectivity index (χ1v) is 7.14. The first-order valence-electron chi connectivity index (χ1n) is 7.14. The van der Waals surface area contributed by atoms with Crippen molar-refractivity contribution >= 4 is 11.9 Å². The Bertz CT molecular complexity index is 345. The number of carbonyl (C=O) groups is 2. The molecule has 0 aromatic rings. The number of carbonyl (C=O) groups excluding carboxylic acids is 1. The molecule has 2 N–H and O–H groups in total. The summed E-state index contributed by atoms with van der Waals surface area (Å²) in [5.41, 5.74) is -0.792. The largest absolute Gasteiger partial charge is 0.481 e. The molecule has 0 aromatic carbocycles. The maximum absolute atomic E-state index is 12.0. The van der Waals surface area contributed by atoms with Gasteiger partial charge in [0.25, 0.3) is 0 Å². The van der Waals surface area contributed by atoms with Crippen molar-refractivity contribution in [1.82, 2.24) is 5.32 Å². The van der Waals surface area contributed by atoms with Crippen molar-refractivity contribution in [1.29, 1.82) is 0 Å². The van der Waals surface area contributed by atoms with Gasteiger partial charge in [0.15, 0.2) is 0 Å². The van der Waals surface area contributed by atoms with Gasteiger partial charge < -0.3 is 15.2 Å². The van der Waals surface area contributed by atoms with E-state index in [0.717, 1.165) is 32.5 Å². The third-order valence-corrected chi connectivity index (χ3v) is 4.63. The summed E-state index contributed by atoms with van der Waals surface area (Å²) in [6.07, 6.45) is 4.21. The molecular formula is C14H23NO4. The molecule has 1 heterocycles. The predicted octanol–water partition coefficient (Wildman–Crippen LogP) is 1.56. The number of nitrogens with one attached hydrogen (secondary N) is 1. The molecule has 5 heteroatoms. The average Bonchev–Trinajstić information content (AvgIpc) is 2.34. The van der Waals surface area contributed by atoms with Crippen LogP contribution >= 0.6 is 0 Å². The fourth-order valence-electron chi connectivity index (χ4n) is 3.02. The third kappa shape index (κ3) is 3.26. The van der Waals surface area contributed by atoms with E-state index in [1.807, 2.05) is 6.92 Å². The molecule has 2 fully saturated rings. The number of amides is 1. The van der Waals surface area contributed by atoms with Crippen LogP contribution in [0, 0.1) is 11.3 Å². The molecule has 19 heavy (non-hydrogen) atoms. The predicted molar refractivity (Wildman–Crippen MR) is 69.7 cm³/mol. The Balaban J connectivity index is 1.81. The van der Waals surface area contributed by atoms with E-state index >= 15 is 0 Å². The molecule has 5 nitrogen and oxygen atoms in total. The average molecular weight is 269 g/mol. The van der Waals surface area contributed by atoms with Gasteiger partial charge in [-0.2, -0.15) is 0 Å². The van der Waals surface area contributed by atoms with Gasteiger partial charge >= 0.3 is 5.97 Å². The van der Waals surface area contributed by atoms with Crippen LogP contribution in [0.15, 0.2) is 0 Å². The van der Waals surface area contributed by atoms with Gasteiger partial charge in [0.1, 0.15) is 0 Å². The van der Waals surface area contributed by atoms with Gasteiger partial charge in [-0.15, -0.1) is 0 Å². The second-order valence-electron chi connectivity index (χ2n) is 5.92. The lowest BCUT2D eigenvalue weighted by atomic mass is 9.66. The minimum absolute atomic E-state index is 0.0994.